The minimum Gasteiger partial charge on any atom is -0.439 e. The third-order valence-corrected chi connectivity index (χ3v) is 3.96. The van der Waals surface area contributed by atoms with Crippen molar-refractivity contribution in [1.82, 2.24) is 14.8 Å². The number of piperazine rings is 1. The summed E-state index contributed by atoms with van der Waals surface area (Å²) < 4.78 is 5.82. The van der Waals surface area contributed by atoms with E-state index in [1.54, 1.807) is 0 Å². The van der Waals surface area contributed by atoms with Crippen LogP contribution in [0.1, 0.15) is 19.2 Å². The zero-order chi connectivity index (χ0) is 13.2. The summed E-state index contributed by atoms with van der Waals surface area (Å²) in [5, 5.41) is 0. The Morgan fingerprint density at radius 2 is 2.16 bits per heavy atom. The minimum absolute atomic E-state index is 0.605. The maximum atomic E-state index is 5.82. The Labute approximate surface area is 114 Å². The van der Waals surface area contributed by atoms with Crippen LogP contribution < -0.4 is 0 Å². The first-order valence-electron chi connectivity index (χ1n) is 7.03. The zero-order valence-electron chi connectivity index (χ0n) is 11.7. The molecule has 2 aromatic rings. The van der Waals surface area contributed by atoms with Crippen molar-refractivity contribution in [3.63, 3.8) is 0 Å². The van der Waals surface area contributed by atoms with Crippen LogP contribution in [0.4, 0.5) is 0 Å². The van der Waals surface area contributed by atoms with Gasteiger partial charge in [0.15, 0.2) is 5.58 Å². The number of benzene rings is 1. The smallest absolute Gasteiger partial charge is 0.209 e. The van der Waals surface area contributed by atoms with Crippen molar-refractivity contribution in [3.05, 3.63) is 30.2 Å². The molecular weight excluding hydrogens is 238 g/mol. The molecular formula is C15H21N3O. The zero-order valence-corrected chi connectivity index (χ0v) is 11.7. The Morgan fingerprint density at radius 3 is 2.95 bits per heavy atom. The lowest BCUT2D eigenvalue weighted by Crippen LogP contribution is -2.50. The third kappa shape index (κ3) is 2.65. The summed E-state index contributed by atoms with van der Waals surface area (Å²) in [6.45, 7) is 6.42. The summed E-state index contributed by atoms with van der Waals surface area (Å²) in [5.74, 6) is 0.837. The van der Waals surface area contributed by atoms with Crippen LogP contribution in [0.2, 0.25) is 0 Å². The second-order valence-electron chi connectivity index (χ2n) is 5.37. The van der Waals surface area contributed by atoms with E-state index in [4.69, 9.17) is 4.42 Å². The van der Waals surface area contributed by atoms with Crippen LogP contribution >= 0.6 is 0 Å². The fourth-order valence-corrected chi connectivity index (χ4v) is 2.81. The molecule has 0 unspecified atom stereocenters. The molecule has 3 rings (SSSR count). The largest absolute Gasteiger partial charge is 0.439 e. The topological polar surface area (TPSA) is 32.5 Å². The molecule has 0 amide bonds. The van der Waals surface area contributed by atoms with Gasteiger partial charge in [0, 0.05) is 25.7 Å². The molecule has 1 fully saturated rings. The number of rotatable bonds is 3. The van der Waals surface area contributed by atoms with Crippen molar-refractivity contribution in [2.75, 3.05) is 26.7 Å². The number of para-hydroxylation sites is 2. The number of oxazole rings is 1. The summed E-state index contributed by atoms with van der Waals surface area (Å²) in [6.07, 6.45) is 1.17. The minimum atomic E-state index is 0.605. The molecule has 0 aliphatic carbocycles. The van der Waals surface area contributed by atoms with Crippen molar-refractivity contribution >= 4 is 11.1 Å². The second-order valence-corrected chi connectivity index (χ2v) is 5.37. The molecule has 0 N–H and O–H groups in total. The van der Waals surface area contributed by atoms with Gasteiger partial charge in [-0.3, -0.25) is 4.90 Å². The van der Waals surface area contributed by atoms with Crippen LogP contribution in [-0.4, -0.2) is 47.5 Å². The standard InChI is InChI=1S/C15H21N3O/c1-3-12-10-17(2)8-9-18(12)11-15-16-13-6-4-5-7-14(13)19-15/h4-7,12H,3,8-11H2,1-2H3/t12-/m0/s1. The molecule has 19 heavy (non-hydrogen) atoms. The third-order valence-electron chi connectivity index (χ3n) is 3.96. The number of nitrogens with zero attached hydrogens (tertiary/aromatic N) is 3. The van der Waals surface area contributed by atoms with Gasteiger partial charge in [-0.15, -0.1) is 0 Å². The van der Waals surface area contributed by atoms with Gasteiger partial charge in [-0.05, 0) is 25.6 Å². The van der Waals surface area contributed by atoms with Crippen molar-refractivity contribution in [2.24, 2.45) is 0 Å². The summed E-state index contributed by atoms with van der Waals surface area (Å²) >= 11 is 0. The predicted octanol–water partition coefficient (Wildman–Crippen LogP) is 2.35. The van der Waals surface area contributed by atoms with Crippen molar-refractivity contribution < 1.29 is 4.42 Å². The molecule has 4 heteroatoms. The summed E-state index contributed by atoms with van der Waals surface area (Å²) in [7, 11) is 2.19. The van der Waals surface area contributed by atoms with Gasteiger partial charge in [-0.1, -0.05) is 19.1 Å². The van der Waals surface area contributed by atoms with Gasteiger partial charge in [-0.25, -0.2) is 4.98 Å². The molecule has 1 aliphatic rings. The summed E-state index contributed by atoms with van der Waals surface area (Å²) in [5.41, 5.74) is 1.85. The number of likely N-dealkylation sites (N-methyl/N-ethyl adjacent to an activating group) is 1. The van der Waals surface area contributed by atoms with Crippen molar-refractivity contribution in [2.45, 2.75) is 25.9 Å². The molecule has 4 nitrogen and oxygen atoms in total. The highest BCUT2D eigenvalue weighted by molar-refractivity contribution is 5.72. The van der Waals surface area contributed by atoms with Gasteiger partial charge in [0.2, 0.25) is 5.89 Å². The average molecular weight is 259 g/mol. The van der Waals surface area contributed by atoms with E-state index in [-0.39, 0.29) is 0 Å². The van der Waals surface area contributed by atoms with Crippen molar-refractivity contribution in [3.8, 4) is 0 Å². The van der Waals surface area contributed by atoms with E-state index in [1.807, 2.05) is 24.3 Å². The molecule has 1 saturated heterocycles. The van der Waals surface area contributed by atoms with Crippen LogP contribution in [0.5, 0.6) is 0 Å². The van der Waals surface area contributed by atoms with Crippen LogP contribution in [0.3, 0.4) is 0 Å². The first kappa shape index (κ1) is 12.6. The Balaban J connectivity index is 1.76. The highest BCUT2D eigenvalue weighted by atomic mass is 16.3. The van der Waals surface area contributed by atoms with Gasteiger partial charge >= 0.3 is 0 Å². The number of aromatic nitrogens is 1. The quantitative estimate of drug-likeness (QED) is 0.847. The monoisotopic (exact) mass is 259 g/mol. The Morgan fingerprint density at radius 1 is 1.32 bits per heavy atom. The molecule has 2 heterocycles. The molecule has 0 bridgehead atoms. The molecule has 0 spiro atoms. The summed E-state index contributed by atoms with van der Waals surface area (Å²) in [4.78, 5) is 9.46. The molecule has 1 atom stereocenters. The molecule has 0 radical (unpaired) electrons. The van der Waals surface area contributed by atoms with E-state index in [0.717, 1.165) is 43.2 Å². The first-order valence-corrected chi connectivity index (χ1v) is 7.03. The van der Waals surface area contributed by atoms with E-state index in [2.05, 4.69) is 28.8 Å². The van der Waals surface area contributed by atoms with E-state index < -0.39 is 0 Å². The molecule has 0 saturated carbocycles. The van der Waals surface area contributed by atoms with E-state index >= 15 is 0 Å². The van der Waals surface area contributed by atoms with Crippen molar-refractivity contribution in [1.29, 1.82) is 0 Å². The first-order chi connectivity index (χ1) is 9.26. The molecule has 102 valence electrons. The fourth-order valence-electron chi connectivity index (χ4n) is 2.81. The van der Waals surface area contributed by atoms with Crippen LogP contribution in [0.25, 0.3) is 11.1 Å². The molecule has 1 aromatic carbocycles. The van der Waals surface area contributed by atoms with Gasteiger partial charge in [0.25, 0.3) is 0 Å². The van der Waals surface area contributed by atoms with Crippen LogP contribution in [0, 0.1) is 0 Å². The summed E-state index contributed by atoms with van der Waals surface area (Å²) in [6, 6.07) is 8.58. The van der Waals surface area contributed by atoms with Gasteiger partial charge in [0.1, 0.15) is 5.52 Å². The Kier molecular flexibility index (Phi) is 3.53. The normalized spacial score (nSPS) is 22.1. The average Bonchev–Trinajstić information content (AvgIpc) is 2.83. The maximum absolute atomic E-state index is 5.82. The lowest BCUT2D eigenvalue weighted by atomic mass is 10.1. The van der Waals surface area contributed by atoms with Crippen LogP contribution in [0.15, 0.2) is 28.7 Å². The highest BCUT2D eigenvalue weighted by Crippen LogP contribution is 2.19. The highest BCUT2D eigenvalue weighted by Gasteiger charge is 2.25. The second kappa shape index (κ2) is 5.31. The predicted molar refractivity (Wildman–Crippen MR) is 76.0 cm³/mol. The van der Waals surface area contributed by atoms with E-state index in [1.165, 1.54) is 6.42 Å². The van der Waals surface area contributed by atoms with Gasteiger partial charge in [0.05, 0.1) is 6.54 Å². The molecule has 1 aromatic heterocycles. The van der Waals surface area contributed by atoms with Gasteiger partial charge < -0.3 is 9.32 Å². The van der Waals surface area contributed by atoms with E-state index in [9.17, 15) is 0 Å². The SMILES string of the molecule is CC[C@H]1CN(C)CCN1Cc1nc2ccccc2o1. The van der Waals surface area contributed by atoms with Crippen LogP contribution in [-0.2, 0) is 6.54 Å². The lowest BCUT2D eigenvalue weighted by Gasteiger charge is -2.38. The van der Waals surface area contributed by atoms with Gasteiger partial charge in [-0.2, -0.15) is 0 Å². The maximum Gasteiger partial charge on any atom is 0.209 e. The number of fused-ring (bicyclic) bond motifs is 1. The Hall–Kier alpha value is -1.39. The number of hydrogen-bond donors (Lipinski definition) is 0. The lowest BCUT2D eigenvalue weighted by molar-refractivity contribution is 0.0743. The molecule has 1 aliphatic heterocycles. The fraction of sp³-hybridized carbons (Fsp3) is 0.533. The Bertz CT molecular complexity index is 518. The number of hydrogen-bond acceptors (Lipinski definition) is 4. The van der Waals surface area contributed by atoms with E-state index in [0.29, 0.717) is 6.04 Å².